The molecule has 0 fully saturated rings. The molecule has 0 unspecified atom stereocenters. The maximum atomic E-state index is 13.3. The van der Waals surface area contributed by atoms with Crippen molar-refractivity contribution >= 4 is 11.4 Å². The molecule has 5 heteroatoms. The number of rotatable bonds is 6. The van der Waals surface area contributed by atoms with Gasteiger partial charge in [0.15, 0.2) is 11.6 Å². The Kier molecular flexibility index (Phi) is 4.98. The molecule has 0 bridgehead atoms. The molecule has 0 aliphatic carbocycles. The highest BCUT2D eigenvalue weighted by molar-refractivity contribution is 5.66. The second kappa shape index (κ2) is 6.27. The molecule has 0 aliphatic heterocycles. The Labute approximate surface area is 93.3 Å². The number of hydrogen-bond acceptors (Lipinski definition) is 3. The van der Waals surface area contributed by atoms with Crippen LogP contribution in [-0.2, 0) is 0 Å². The van der Waals surface area contributed by atoms with Crippen LogP contribution < -0.4 is 11.1 Å². The molecule has 0 saturated heterocycles. The second-order valence-corrected chi connectivity index (χ2v) is 3.54. The third-order valence-corrected chi connectivity index (χ3v) is 2.26. The van der Waals surface area contributed by atoms with Crippen molar-refractivity contribution in [3.63, 3.8) is 0 Å². The van der Waals surface area contributed by atoms with Crippen LogP contribution in [-0.4, -0.2) is 18.3 Å². The minimum atomic E-state index is -0.942. The van der Waals surface area contributed by atoms with Gasteiger partial charge in [-0.3, -0.25) is 0 Å². The van der Waals surface area contributed by atoms with E-state index in [0.29, 0.717) is 13.0 Å². The fourth-order valence-electron chi connectivity index (χ4n) is 1.37. The van der Waals surface area contributed by atoms with Gasteiger partial charge >= 0.3 is 0 Å². The van der Waals surface area contributed by atoms with E-state index in [1.165, 1.54) is 6.07 Å². The Bertz CT molecular complexity index is 345. The lowest BCUT2D eigenvalue weighted by Crippen LogP contribution is -2.07. The number of benzene rings is 1. The molecule has 4 N–H and O–H groups in total. The van der Waals surface area contributed by atoms with Crippen molar-refractivity contribution in [2.24, 2.45) is 0 Å². The van der Waals surface area contributed by atoms with Crippen LogP contribution in [0.4, 0.5) is 20.2 Å². The van der Waals surface area contributed by atoms with Crippen molar-refractivity contribution in [3.05, 3.63) is 23.8 Å². The van der Waals surface area contributed by atoms with Crippen molar-refractivity contribution in [2.45, 2.75) is 19.3 Å². The van der Waals surface area contributed by atoms with Crippen LogP contribution >= 0.6 is 0 Å². The number of hydrogen-bond donors (Lipinski definition) is 3. The van der Waals surface area contributed by atoms with E-state index in [-0.39, 0.29) is 18.0 Å². The van der Waals surface area contributed by atoms with E-state index >= 15 is 0 Å². The zero-order chi connectivity index (χ0) is 12.0. The molecule has 1 rings (SSSR count). The van der Waals surface area contributed by atoms with Gasteiger partial charge in [0.1, 0.15) is 0 Å². The Morgan fingerprint density at radius 1 is 1.19 bits per heavy atom. The van der Waals surface area contributed by atoms with Gasteiger partial charge in [0.2, 0.25) is 0 Å². The van der Waals surface area contributed by atoms with Crippen LogP contribution in [0.15, 0.2) is 12.1 Å². The summed E-state index contributed by atoms with van der Waals surface area (Å²) in [5.41, 5.74) is 5.74. The van der Waals surface area contributed by atoms with Crippen LogP contribution in [0.3, 0.4) is 0 Å². The van der Waals surface area contributed by atoms with Crippen molar-refractivity contribution < 1.29 is 13.9 Å². The molecule has 0 radical (unpaired) electrons. The third kappa shape index (κ3) is 3.34. The topological polar surface area (TPSA) is 58.3 Å². The fourth-order valence-corrected chi connectivity index (χ4v) is 1.37. The summed E-state index contributed by atoms with van der Waals surface area (Å²) in [5.74, 6) is -1.85. The number of anilines is 2. The van der Waals surface area contributed by atoms with E-state index in [1.54, 1.807) is 0 Å². The van der Waals surface area contributed by atoms with Crippen LogP contribution in [0.5, 0.6) is 0 Å². The van der Waals surface area contributed by atoms with Gasteiger partial charge in [-0.05, 0) is 31.4 Å². The molecule has 0 atom stereocenters. The summed E-state index contributed by atoms with van der Waals surface area (Å²) in [4.78, 5) is 0. The highest BCUT2D eigenvalue weighted by Crippen LogP contribution is 2.24. The van der Waals surface area contributed by atoms with E-state index in [9.17, 15) is 8.78 Å². The number of nitrogens with one attached hydrogen (secondary N) is 1. The van der Waals surface area contributed by atoms with Gasteiger partial charge in [0.05, 0.1) is 11.4 Å². The molecule has 16 heavy (non-hydrogen) atoms. The van der Waals surface area contributed by atoms with E-state index in [2.05, 4.69) is 5.32 Å². The first-order valence-electron chi connectivity index (χ1n) is 5.25. The first-order chi connectivity index (χ1) is 7.66. The Balaban J connectivity index is 2.50. The van der Waals surface area contributed by atoms with Crippen LogP contribution in [0.25, 0.3) is 0 Å². The minimum absolute atomic E-state index is 0.0176. The molecule has 0 heterocycles. The van der Waals surface area contributed by atoms with Crippen LogP contribution in [0.2, 0.25) is 0 Å². The van der Waals surface area contributed by atoms with Crippen LogP contribution in [0, 0.1) is 11.6 Å². The SMILES string of the molecule is Nc1ccc(F)c(F)c1NCCCCCO. The van der Waals surface area contributed by atoms with Gasteiger partial charge in [-0.2, -0.15) is 0 Å². The largest absolute Gasteiger partial charge is 0.397 e. The third-order valence-electron chi connectivity index (χ3n) is 2.26. The average Bonchev–Trinajstić information content (AvgIpc) is 2.28. The molecule has 0 amide bonds. The molecule has 90 valence electrons. The molecular formula is C11H16F2N2O. The molecule has 3 nitrogen and oxygen atoms in total. The van der Waals surface area contributed by atoms with Crippen molar-refractivity contribution in [3.8, 4) is 0 Å². The van der Waals surface area contributed by atoms with Crippen molar-refractivity contribution in [1.82, 2.24) is 0 Å². The van der Waals surface area contributed by atoms with E-state index in [0.717, 1.165) is 18.9 Å². The van der Waals surface area contributed by atoms with E-state index in [1.807, 2.05) is 0 Å². The van der Waals surface area contributed by atoms with Crippen molar-refractivity contribution in [2.75, 3.05) is 24.2 Å². The highest BCUT2D eigenvalue weighted by atomic mass is 19.2. The van der Waals surface area contributed by atoms with Gasteiger partial charge in [0.25, 0.3) is 0 Å². The number of aliphatic hydroxyl groups excluding tert-OH is 1. The normalized spacial score (nSPS) is 10.4. The van der Waals surface area contributed by atoms with Gasteiger partial charge in [-0.1, -0.05) is 0 Å². The molecule has 0 aliphatic rings. The molecule has 0 spiro atoms. The summed E-state index contributed by atoms with van der Waals surface area (Å²) < 4.78 is 26.2. The summed E-state index contributed by atoms with van der Waals surface area (Å²) in [6.07, 6.45) is 2.32. The molecule has 0 aromatic heterocycles. The Hall–Kier alpha value is -1.36. The van der Waals surface area contributed by atoms with Gasteiger partial charge in [-0.25, -0.2) is 8.78 Å². The Morgan fingerprint density at radius 3 is 2.62 bits per heavy atom. The predicted octanol–water partition coefficient (Wildman–Crippen LogP) is 2.12. The lowest BCUT2D eigenvalue weighted by molar-refractivity contribution is 0.283. The van der Waals surface area contributed by atoms with Gasteiger partial charge in [0, 0.05) is 13.2 Å². The minimum Gasteiger partial charge on any atom is -0.397 e. The molecule has 1 aromatic rings. The number of nitrogen functional groups attached to an aromatic ring is 1. The summed E-state index contributed by atoms with van der Waals surface area (Å²) >= 11 is 0. The zero-order valence-corrected chi connectivity index (χ0v) is 8.97. The van der Waals surface area contributed by atoms with E-state index < -0.39 is 11.6 Å². The zero-order valence-electron chi connectivity index (χ0n) is 8.97. The maximum Gasteiger partial charge on any atom is 0.183 e. The fraction of sp³-hybridized carbons (Fsp3) is 0.455. The highest BCUT2D eigenvalue weighted by Gasteiger charge is 2.10. The van der Waals surface area contributed by atoms with Gasteiger partial charge < -0.3 is 16.2 Å². The molecule has 0 saturated carbocycles. The Morgan fingerprint density at radius 2 is 1.94 bits per heavy atom. The lowest BCUT2D eigenvalue weighted by Gasteiger charge is -2.10. The quantitative estimate of drug-likeness (QED) is 0.518. The first-order valence-corrected chi connectivity index (χ1v) is 5.25. The standard InChI is InChI=1S/C11H16F2N2O/c12-8-4-5-9(14)11(10(8)13)15-6-2-1-3-7-16/h4-5,15-16H,1-3,6-7,14H2. The number of unbranched alkanes of at least 4 members (excludes halogenated alkanes) is 2. The molecular weight excluding hydrogens is 214 g/mol. The summed E-state index contributed by atoms with van der Waals surface area (Å²) in [6.45, 7) is 0.654. The number of nitrogens with two attached hydrogens (primary N) is 1. The molecule has 1 aromatic carbocycles. The maximum absolute atomic E-state index is 13.3. The summed E-state index contributed by atoms with van der Waals surface area (Å²) in [7, 11) is 0. The smallest absolute Gasteiger partial charge is 0.183 e. The summed E-state index contributed by atoms with van der Waals surface area (Å²) in [6, 6.07) is 2.33. The second-order valence-electron chi connectivity index (χ2n) is 3.54. The van der Waals surface area contributed by atoms with Gasteiger partial charge in [-0.15, -0.1) is 0 Å². The van der Waals surface area contributed by atoms with E-state index in [4.69, 9.17) is 10.8 Å². The monoisotopic (exact) mass is 230 g/mol. The van der Waals surface area contributed by atoms with Crippen molar-refractivity contribution in [1.29, 1.82) is 0 Å². The summed E-state index contributed by atoms with van der Waals surface area (Å²) in [5, 5.41) is 11.3. The first kappa shape index (κ1) is 12.7. The van der Waals surface area contributed by atoms with Crippen LogP contribution in [0.1, 0.15) is 19.3 Å². The number of aliphatic hydroxyl groups is 1. The number of halogens is 2. The average molecular weight is 230 g/mol. The predicted molar refractivity (Wildman–Crippen MR) is 60.2 cm³/mol. The lowest BCUT2D eigenvalue weighted by atomic mass is 10.2.